The van der Waals surface area contributed by atoms with E-state index in [2.05, 4.69) is 13.8 Å². The number of aliphatic carboxylic acids is 2. The first-order valence-electron chi connectivity index (χ1n) is 15.4. The Balaban J connectivity index is 0. The molecule has 246 valence electrons. The second-order valence-corrected chi connectivity index (χ2v) is 13.1. The van der Waals surface area contributed by atoms with E-state index in [0.29, 0.717) is 0 Å². The normalized spacial score (nSPS) is 22.0. The van der Waals surface area contributed by atoms with Crippen LogP contribution in [-0.4, -0.2) is 65.5 Å². The number of esters is 2. The van der Waals surface area contributed by atoms with Crippen molar-refractivity contribution in [2.24, 2.45) is 35.5 Å². The average Bonchev–Trinajstić information content (AvgIpc) is 2.92. The fraction of sp³-hybridized carbons (Fsp3) is 0.867. The third kappa shape index (κ3) is 17.2. The van der Waals surface area contributed by atoms with Crippen molar-refractivity contribution in [1.82, 2.24) is 0 Å². The van der Waals surface area contributed by atoms with E-state index in [-0.39, 0.29) is 66.4 Å². The summed E-state index contributed by atoms with van der Waals surface area (Å²) in [7, 11) is -5.01. The van der Waals surface area contributed by atoms with Crippen molar-refractivity contribution in [3.8, 4) is 0 Å². The third-order valence-electron chi connectivity index (χ3n) is 8.25. The summed E-state index contributed by atoms with van der Waals surface area (Å²) >= 11 is 0. The maximum Gasteiger partial charge on any atom is 1.00 e. The van der Waals surface area contributed by atoms with Crippen LogP contribution in [0.2, 0.25) is 0 Å². The summed E-state index contributed by atoms with van der Waals surface area (Å²) in [4.78, 5) is 46.1. The Morgan fingerprint density at radius 2 is 1.19 bits per heavy atom. The van der Waals surface area contributed by atoms with Gasteiger partial charge in [-0.3, -0.25) is 19.2 Å². The molecule has 43 heavy (non-hydrogen) atoms. The number of carboxylic acids is 2. The van der Waals surface area contributed by atoms with E-state index < -0.39 is 57.5 Å². The molecule has 13 heteroatoms. The molecule has 1 aliphatic carbocycles. The van der Waals surface area contributed by atoms with Crippen LogP contribution in [0.15, 0.2) is 0 Å². The third-order valence-corrected chi connectivity index (χ3v) is 9.31. The van der Waals surface area contributed by atoms with Gasteiger partial charge in [0, 0.05) is 0 Å². The minimum absolute atomic E-state index is 0. The summed E-state index contributed by atoms with van der Waals surface area (Å²) in [5.74, 6) is -5.22. The van der Waals surface area contributed by atoms with Crippen molar-refractivity contribution >= 4 is 34.0 Å². The molecule has 11 nitrogen and oxygen atoms in total. The largest absolute Gasteiger partial charge is 1.00 e. The number of unbranched alkanes of at least 4 members (excludes halogenated alkanes) is 2. The van der Waals surface area contributed by atoms with E-state index in [1.54, 1.807) is 0 Å². The smallest absolute Gasteiger partial charge is 0.747 e. The predicted molar refractivity (Wildman–Crippen MR) is 156 cm³/mol. The van der Waals surface area contributed by atoms with Crippen molar-refractivity contribution in [1.29, 1.82) is 0 Å². The van der Waals surface area contributed by atoms with Crippen LogP contribution < -0.4 is 29.6 Å². The van der Waals surface area contributed by atoms with Crippen LogP contribution in [0, 0.1) is 35.5 Å². The molecule has 7 atom stereocenters. The Morgan fingerprint density at radius 3 is 1.51 bits per heavy atom. The first kappa shape index (κ1) is 43.9. The first-order chi connectivity index (χ1) is 19.6. The summed E-state index contributed by atoms with van der Waals surface area (Å²) in [5.41, 5.74) is 0. The van der Waals surface area contributed by atoms with Gasteiger partial charge in [0.25, 0.3) is 0 Å². The number of rotatable bonds is 18. The summed E-state index contributed by atoms with van der Waals surface area (Å²) in [6.07, 6.45) is 8.20. The molecule has 7 unspecified atom stereocenters. The number of carboxylic acid groups (broad SMARTS) is 2. The van der Waals surface area contributed by atoms with Gasteiger partial charge in [-0.1, -0.05) is 80.1 Å². The molecular formula is C30H53NaO11S. The SMILES string of the molecule is CC1CCC(C)C(C(=O)O)C1C(=O)O.CCCCC(CC)COC(=O)CC(C(=O)OCC(CC)CCCC)S(=O)(=O)[O-].[Na+]. The van der Waals surface area contributed by atoms with Gasteiger partial charge in [-0.05, 0) is 49.4 Å². The molecule has 2 N–H and O–H groups in total. The van der Waals surface area contributed by atoms with Gasteiger partial charge in [0.2, 0.25) is 0 Å². The van der Waals surface area contributed by atoms with Crippen LogP contribution in [0.4, 0.5) is 0 Å². The summed E-state index contributed by atoms with van der Waals surface area (Å²) in [5, 5.41) is 15.9. The van der Waals surface area contributed by atoms with Crippen molar-refractivity contribution < 1.29 is 81.4 Å². The average molecular weight is 645 g/mol. The first-order valence-corrected chi connectivity index (χ1v) is 16.8. The van der Waals surface area contributed by atoms with E-state index in [0.717, 1.165) is 64.2 Å². The molecule has 1 fully saturated rings. The molecule has 1 rings (SSSR count). The Hall–Kier alpha value is -1.21. The summed E-state index contributed by atoms with van der Waals surface area (Å²) in [6.45, 7) is 11.9. The molecule has 0 radical (unpaired) electrons. The zero-order valence-corrected chi connectivity index (χ0v) is 30.0. The molecule has 0 aromatic carbocycles. The standard InChI is InChI=1S/C20H38O7S.C10H16O4.Na/c1-5-9-11-16(7-3)14-26-19(21)13-18(28(23,24)25)20(22)27-15-17(8-4)12-10-6-2;1-5-3-4-6(2)8(10(13)14)7(5)9(11)12;/h16-18H,5-15H2,1-4H3,(H,23,24,25);5-8H,3-4H2,1-2H3,(H,11,12)(H,13,14);/q;;+1/p-1. The number of carbonyl (C=O) groups is 4. The molecule has 0 aromatic heterocycles. The van der Waals surface area contributed by atoms with Gasteiger partial charge in [0.15, 0.2) is 5.25 Å². The molecular weight excluding hydrogens is 591 g/mol. The second-order valence-electron chi connectivity index (χ2n) is 11.6. The van der Waals surface area contributed by atoms with Crippen molar-refractivity contribution in [2.75, 3.05) is 13.2 Å². The summed E-state index contributed by atoms with van der Waals surface area (Å²) < 4.78 is 44.6. The fourth-order valence-electron chi connectivity index (χ4n) is 5.20. The zero-order chi connectivity index (χ0) is 32.5. The minimum atomic E-state index is -5.01. The maximum atomic E-state index is 12.1. The molecule has 1 saturated carbocycles. The summed E-state index contributed by atoms with van der Waals surface area (Å²) in [6, 6.07) is 0. The van der Waals surface area contributed by atoms with Crippen molar-refractivity contribution in [3.63, 3.8) is 0 Å². The Bertz CT molecular complexity index is 914. The molecule has 0 bridgehead atoms. The van der Waals surface area contributed by atoms with E-state index in [1.807, 2.05) is 27.7 Å². The predicted octanol–water partition coefficient (Wildman–Crippen LogP) is 2.27. The van der Waals surface area contributed by atoms with Gasteiger partial charge in [-0.15, -0.1) is 0 Å². The van der Waals surface area contributed by atoms with E-state index >= 15 is 0 Å². The second kappa shape index (κ2) is 23.2. The monoisotopic (exact) mass is 644 g/mol. The molecule has 1 aliphatic rings. The Morgan fingerprint density at radius 1 is 0.791 bits per heavy atom. The molecule has 0 heterocycles. The molecule has 0 aliphatic heterocycles. The van der Waals surface area contributed by atoms with Crippen LogP contribution in [0.3, 0.4) is 0 Å². The van der Waals surface area contributed by atoms with Gasteiger partial charge in [-0.2, -0.15) is 0 Å². The van der Waals surface area contributed by atoms with Gasteiger partial charge in [-0.25, -0.2) is 8.42 Å². The Kier molecular flexibility index (Phi) is 23.7. The topological polar surface area (TPSA) is 184 Å². The minimum Gasteiger partial charge on any atom is -0.747 e. The number of carbonyl (C=O) groups excluding carboxylic acids is 2. The molecule has 0 spiro atoms. The van der Waals surface area contributed by atoms with Crippen LogP contribution >= 0.6 is 0 Å². The van der Waals surface area contributed by atoms with Crippen LogP contribution in [0.1, 0.15) is 112 Å². The van der Waals surface area contributed by atoms with Gasteiger partial charge < -0.3 is 24.2 Å². The van der Waals surface area contributed by atoms with E-state index in [4.69, 9.17) is 19.7 Å². The van der Waals surface area contributed by atoms with Gasteiger partial charge in [0.1, 0.15) is 10.1 Å². The quantitative estimate of drug-likeness (QED) is 0.127. The van der Waals surface area contributed by atoms with Crippen LogP contribution in [0.25, 0.3) is 0 Å². The fourth-order valence-corrected chi connectivity index (χ4v) is 5.84. The zero-order valence-electron chi connectivity index (χ0n) is 27.2. The van der Waals surface area contributed by atoms with Crippen molar-refractivity contribution in [2.45, 2.75) is 117 Å². The number of ether oxygens (including phenoxy) is 2. The van der Waals surface area contributed by atoms with E-state index in [1.165, 1.54) is 0 Å². The molecule has 0 amide bonds. The van der Waals surface area contributed by atoms with Gasteiger partial charge >= 0.3 is 53.4 Å². The number of hydrogen-bond acceptors (Lipinski definition) is 9. The van der Waals surface area contributed by atoms with Crippen LogP contribution in [0.5, 0.6) is 0 Å². The van der Waals surface area contributed by atoms with Crippen molar-refractivity contribution in [3.05, 3.63) is 0 Å². The molecule has 0 aromatic rings. The van der Waals surface area contributed by atoms with E-state index in [9.17, 15) is 32.1 Å². The molecule has 0 saturated heterocycles. The van der Waals surface area contributed by atoms with Crippen LogP contribution in [-0.2, 0) is 38.8 Å². The maximum absolute atomic E-state index is 12.1. The number of hydrogen-bond donors (Lipinski definition) is 2. The van der Waals surface area contributed by atoms with Gasteiger partial charge in [0.05, 0.1) is 31.5 Å². The Labute approximate surface area is 280 Å².